The molecule has 9 nitrogen and oxygen atoms in total. The van der Waals surface area contributed by atoms with E-state index in [4.69, 9.17) is 19.4 Å². The van der Waals surface area contributed by atoms with Crippen LogP contribution in [0.25, 0.3) is 0 Å². The van der Waals surface area contributed by atoms with E-state index < -0.39 is 12.1 Å². The molecule has 32 heavy (non-hydrogen) atoms. The van der Waals surface area contributed by atoms with Crippen molar-refractivity contribution in [2.45, 2.75) is 57.2 Å². The van der Waals surface area contributed by atoms with Gasteiger partial charge in [0.15, 0.2) is 5.82 Å². The summed E-state index contributed by atoms with van der Waals surface area (Å²) < 4.78 is 45.9. The van der Waals surface area contributed by atoms with Crippen molar-refractivity contribution in [1.29, 1.82) is 0 Å². The summed E-state index contributed by atoms with van der Waals surface area (Å²) in [6.07, 6.45) is 2.07. The van der Waals surface area contributed by atoms with Crippen LogP contribution < -0.4 is 4.90 Å². The Hall–Kier alpha value is -2.73. The first kappa shape index (κ1) is 23.9. The fraction of sp³-hybridized carbons (Fsp3) is 0.600. The number of carboxylic acid groups (broad SMARTS) is 1. The van der Waals surface area contributed by atoms with Gasteiger partial charge in [0.25, 0.3) is 0 Å². The summed E-state index contributed by atoms with van der Waals surface area (Å²) in [6, 6.07) is 6.34. The molecule has 2 aromatic heterocycles. The highest BCUT2D eigenvalue weighted by atomic mass is 19.4. The Balaban J connectivity index is 0.000000360. The molecular weight excluding hydrogens is 431 g/mol. The summed E-state index contributed by atoms with van der Waals surface area (Å²) in [6.45, 7) is 5.18. The van der Waals surface area contributed by atoms with Crippen LogP contribution in [-0.2, 0) is 20.8 Å². The Morgan fingerprint density at radius 3 is 2.75 bits per heavy atom. The number of aromatic nitrogens is 4. The lowest BCUT2D eigenvalue weighted by Gasteiger charge is -2.32. The first-order chi connectivity index (χ1) is 15.3. The average molecular weight is 457 g/mol. The van der Waals surface area contributed by atoms with E-state index in [0.29, 0.717) is 12.6 Å². The molecule has 0 radical (unpaired) electrons. The highest BCUT2D eigenvalue weighted by molar-refractivity contribution is 5.73. The maximum atomic E-state index is 10.6. The van der Waals surface area contributed by atoms with E-state index in [1.807, 2.05) is 36.0 Å². The number of aryl methyl sites for hydroxylation is 2. The highest BCUT2D eigenvalue weighted by Crippen LogP contribution is 2.33. The molecule has 0 saturated carbocycles. The number of halogens is 3. The number of aliphatic carboxylic acids is 1. The van der Waals surface area contributed by atoms with Crippen LogP contribution in [0.1, 0.15) is 25.0 Å². The molecule has 4 rings (SSSR count). The fourth-order valence-electron chi connectivity index (χ4n) is 3.76. The number of hydrogen-bond acceptors (Lipinski definition) is 7. The minimum absolute atomic E-state index is 0.0889. The average Bonchev–Trinajstić information content (AvgIpc) is 3.40. The summed E-state index contributed by atoms with van der Waals surface area (Å²) in [5.74, 6) is -1.83. The van der Waals surface area contributed by atoms with Crippen LogP contribution in [0.5, 0.6) is 0 Å². The SMILES string of the molecule is Cc1ccc(N2C[C@H](OCCCn3cccn3)[C@H]3OCCC[C@H]32)nn1.O=C(O)C(F)(F)F. The predicted octanol–water partition coefficient (Wildman–Crippen LogP) is 2.46. The standard InChI is InChI=1S/C18H25N5O2.C2HF3O2/c1-14-6-7-17(21-20-14)23-13-16(18-15(23)5-2-11-25-18)24-12-4-10-22-9-3-8-19-22;3-2(4,5)1(6)7/h3,6-9,15-16,18H,2,4-5,10-13H2,1H3;(H,6,7)/t15-,16+,18+;/m1./s1. The van der Waals surface area contributed by atoms with Gasteiger partial charge >= 0.3 is 12.1 Å². The Kier molecular flexibility index (Phi) is 8.02. The lowest BCUT2D eigenvalue weighted by atomic mass is 10.0. The number of carbonyl (C=O) groups is 1. The van der Waals surface area contributed by atoms with Gasteiger partial charge in [0.1, 0.15) is 12.2 Å². The Bertz CT molecular complexity index is 848. The Morgan fingerprint density at radius 2 is 2.12 bits per heavy atom. The van der Waals surface area contributed by atoms with Crippen LogP contribution >= 0.6 is 0 Å². The van der Waals surface area contributed by atoms with E-state index in [2.05, 4.69) is 20.2 Å². The van der Waals surface area contributed by atoms with Crippen LogP contribution in [0, 0.1) is 6.92 Å². The second-order valence-corrected chi connectivity index (χ2v) is 7.57. The van der Waals surface area contributed by atoms with Gasteiger partial charge in [-0.15, -0.1) is 5.10 Å². The third kappa shape index (κ3) is 6.39. The second-order valence-electron chi connectivity index (χ2n) is 7.57. The molecular formula is C20H26F3N5O4. The van der Waals surface area contributed by atoms with E-state index in [-0.39, 0.29) is 12.2 Å². The molecule has 2 saturated heterocycles. The predicted molar refractivity (Wildman–Crippen MR) is 107 cm³/mol. The maximum absolute atomic E-state index is 10.6. The van der Waals surface area contributed by atoms with Gasteiger partial charge in [-0.25, -0.2) is 4.79 Å². The minimum Gasteiger partial charge on any atom is -0.475 e. The summed E-state index contributed by atoms with van der Waals surface area (Å²) in [4.78, 5) is 11.2. The third-order valence-corrected chi connectivity index (χ3v) is 5.22. The van der Waals surface area contributed by atoms with E-state index in [0.717, 1.165) is 50.5 Å². The van der Waals surface area contributed by atoms with Crippen molar-refractivity contribution in [2.75, 3.05) is 24.7 Å². The third-order valence-electron chi connectivity index (χ3n) is 5.22. The normalized spacial score (nSPS) is 22.8. The van der Waals surface area contributed by atoms with Crippen LogP contribution in [-0.4, -0.2) is 75.2 Å². The largest absolute Gasteiger partial charge is 0.490 e. The van der Waals surface area contributed by atoms with Crippen LogP contribution in [0.2, 0.25) is 0 Å². The summed E-state index contributed by atoms with van der Waals surface area (Å²) in [7, 11) is 0. The number of anilines is 1. The van der Waals surface area contributed by atoms with E-state index in [1.165, 1.54) is 0 Å². The molecule has 12 heteroatoms. The molecule has 0 aliphatic carbocycles. The van der Waals surface area contributed by atoms with E-state index >= 15 is 0 Å². The van der Waals surface area contributed by atoms with Gasteiger partial charge in [-0.05, 0) is 44.4 Å². The Labute approximate surface area is 183 Å². The zero-order valence-corrected chi connectivity index (χ0v) is 17.6. The van der Waals surface area contributed by atoms with Crippen molar-refractivity contribution in [1.82, 2.24) is 20.0 Å². The van der Waals surface area contributed by atoms with Crippen molar-refractivity contribution < 1.29 is 32.5 Å². The van der Waals surface area contributed by atoms with Crippen molar-refractivity contribution in [2.24, 2.45) is 0 Å². The molecule has 0 aromatic carbocycles. The lowest BCUT2D eigenvalue weighted by molar-refractivity contribution is -0.192. The zero-order valence-electron chi connectivity index (χ0n) is 17.6. The molecule has 2 aliphatic heterocycles. The zero-order chi connectivity index (χ0) is 23.1. The molecule has 0 amide bonds. The fourth-order valence-corrected chi connectivity index (χ4v) is 3.76. The highest BCUT2D eigenvalue weighted by Gasteiger charge is 2.45. The van der Waals surface area contributed by atoms with Gasteiger partial charge in [0, 0.05) is 38.7 Å². The molecule has 0 unspecified atom stereocenters. The second kappa shape index (κ2) is 10.7. The van der Waals surface area contributed by atoms with E-state index in [1.54, 1.807) is 6.20 Å². The molecule has 2 fully saturated rings. The molecule has 2 aromatic rings. The first-order valence-corrected chi connectivity index (χ1v) is 10.3. The van der Waals surface area contributed by atoms with Crippen molar-refractivity contribution >= 4 is 11.8 Å². The topological polar surface area (TPSA) is 103 Å². The minimum atomic E-state index is -5.08. The number of hydrogen-bond donors (Lipinski definition) is 1. The molecule has 176 valence electrons. The number of alkyl halides is 3. The molecule has 4 heterocycles. The van der Waals surface area contributed by atoms with Crippen LogP contribution in [0.4, 0.5) is 19.0 Å². The number of rotatable bonds is 6. The summed E-state index contributed by atoms with van der Waals surface area (Å²) in [5.41, 5.74) is 0.936. The smallest absolute Gasteiger partial charge is 0.475 e. The van der Waals surface area contributed by atoms with Crippen LogP contribution in [0.3, 0.4) is 0 Å². The van der Waals surface area contributed by atoms with Gasteiger partial charge in [-0.2, -0.15) is 23.4 Å². The molecule has 2 aliphatic rings. The van der Waals surface area contributed by atoms with Gasteiger partial charge < -0.3 is 19.5 Å². The number of nitrogens with zero attached hydrogens (tertiary/aromatic N) is 5. The maximum Gasteiger partial charge on any atom is 0.490 e. The Morgan fingerprint density at radius 1 is 1.34 bits per heavy atom. The molecule has 3 atom stereocenters. The molecule has 0 bridgehead atoms. The van der Waals surface area contributed by atoms with Gasteiger partial charge in [0.2, 0.25) is 0 Å². The number of ether oxygens (including phenoxy) is 2. The number of fused-ring (bicyclic) bond motifs is 1. The van der Waals surface area contributed by atoms with E-state index in [9.17, 15) is 13.2 Å². The van der Waals surface area contributed by atoms with Crippen molar-refractivity contribution in [3.8, 4) is 0 Å². The van der Waals surface area contributed by atoms with Crippen molar-refractivity contribution in [3.05, 3.63) is 36.3 Å². The first-order valence-electron chi connectivity index (χ1n) is 10.3. The monoisotopic (exact) mass is 457 g/mol. The number of carboxylic acids is 1. The quantitative estimate of drug-likeness (QED) is 0.660. The van der Waals surface area contributed by atoms with Crippen molar-refractivity contribution in [3.63, 3.8) is 0 Å². The van der Waals surface area contributed by atoms with Crippen LogP contribution in [0.15, 0.2) is 30.6 Å². The van der Waals surface area contributed by atoms with Gasteiger partial charge in [-0.1, -0.05) is 0 Å². The molecule has 0 spiro atoms. The lowest BCUT2D eigenvalue weighted by Crippen LogP contribution is -2.42. The summed E-state index contributed by atoms with van der Waals surface area (Å²) in [5, 5.41) is 19.9. The van der Waals surface area contributed by atoms with Gasteiger partial charge in [0.05, 0.1) is 11.7 Å². The molecule has 1 N–H and O–H groups in total. The van der Waals surface area contributed by atoms with Gasteiger partial charge in [-0.3, -0.25) is 4.68 Å². The summed E-state index contributed by atoms with van der Waals surface area (Å²) >= 11 is 0.